The van der Waals surface area contributed by atoms with Crippen molar-refractivity contribution in [3.63, 3.8) is 0 Å². The van der Waals surface area contributed by atoms with Gasteiger partial charge in [0.2, 0.25) is 6.29 Å². The summed E-state index contributed by atoms with van der Waals surface area (Å²) in [5.41, 5.74) is 0. The molecule has 0 aliphatic rings. The standard InChI is InChI=1S/C8H16O3.C4H10O/c1-3-4-5-6-8(10)11-7(2)9;1-3-5-4-2/h8,10H,3-6H2,1-2H3;3-4H2,1-2H3. The fraction of sp³-hybridized carbons (Fsp3) is 0.917. The smallest absolute Gasteiger partial charge is 0.304 e. The number of hydrogen-bond acceptors (Lipinski definition) is 4. The highest BCUT2D eigenvalue weighted by atomic mass is 16.6. The second kappa shape index (κ2) is 14.4. The first-order valence-electron chi connectivity index (χ1n) is 6.01. The zero-order valence-electron chi connectivity index (χ0n) is 11.0. The van der Waals surface area contributed by atoms with Crippen LogP contribution in [-0.4, -0.2) is 30.6 Å². The minimum Gasteiger partial charge on any atom is -0.436 e. The van der Waals surface area contributed by atoms with Crippen molar-refractivity contribution in [2.75, 3.05) is 13.2 Å². The van der Waals surface area contributed by atoms with Gasteiger partial charge in [-0.15, -0.1) is 0 Å². The zero-order valence-corrected chi connectivity index (χ0v) is 11.0. The minimum atomic E-state index is -0.904. The highest BCUT2D eigenvalue weighted by Gasteiger charge is 2.05. The van der Waals surface area contributed by atoms with Gasteiger partial charge < -0.3 is 14.6 Å². The topological polar surface area (TPSA) is 55.8 Å². The first-order chi connectivity index (χ1) is 7.58. The Bertz CT molecular complexity index is 146. The van der Waals surface area contributed by atoms with Crippen molar-refractivity contribution in [2.24, 2.45) is 0 Å². The van der Waals surface area contributed by atoms with Crippen LogP contribution < -0.4 is 0 Å². The Morgan fingerprint density at radius 3 is 2.06 bits per heavy atom. The summed E-state index contributed by atoms with van der Waals surface area (Å²) in [6.45, 7) is 9.04. The van der Waals surface area contributed by atoms with Gasteiger partial charge >= 0.3 is 5.97 Å². The van der Waals surface area contributed by atoms with Crippen molar-refractivity contribution in [3.05, 3.63) is 0 Å². The molecule has 16 heavy (non-hydrogen) atoms. The molecule has 1 N–H and O–H groups in total. The van der Waals surface area contributed by atoms with Crippen molar-refractivity contribution in [3.8, 4) is 0 Å². The van der Waals surface area contributed by atoms with Gasteiger partial charge in [-0.05, 0) is 20.3 Å². The molecule has 0 saturated carbocycles. The Kier molecular flexibility index (Phi) is 16.0. The van der Waals surface area contributed by atoms with Gasteiger partial charge in [-0.2, -0.15) is 0 Å². The fourth-order valence-corrected chi connectivity index (χ4v) is 1.02. The fourth-order valence-electron chi connectivity index (χ4n) is 1.02. The third-order valence-corrected chi connectivity index (χ3v) is 1.76. The van der Waals surface area contributed by atoms with Crippen molar-refractivity contribution in [2.45, 2.75) is 59.7 Å². The van der Waals surface area contributed by atoms with Crippen LogP contribution in [0, 0.1) is 0 Å². The van der Waals surface area contributed by atoms with Gasteiger partial charge in [-0.25, -0.2) is 0 Å². The monoisotopic (exact) mass is 234 g/mol. The number of aliphatic hydroxyl groups is 1. The molecule has 0 saturated heterocycles. The third kappa shape index (κ3) is 19.0. The molecule has 0 aromatic rings. The van der Waals surface area contributed by atoms with Gasteiger partial charge in [-0.1, -0.05) is 19.8 Å². The first-order valence-corrected chi connectivity index (χ1v) is 6.01. The number of aliphatic hydroxyl groups excluding tert-OH is 1. The molecule has 4 nitrogen and oxygen atoms in total. The van der Waals surface area contributed by atoms with E-state index >= 15 is 0 Å². The third-order valence-electron chi connectivity index (χ3n) is 1.76. The molecule has 1 unspecified atom stereocenters. The molecule has 0 radical (unpaired) electrons. The highest BCUT2D eigenvalue weighted by Crippen LogP contribution is 2.03. The lowest BCUT2D eigenvalue weighted by Gasteiger charge is -2.09. The summed E-state index contributed by atoms with van der Waals surface area (Å²) < 4.78 is 9.35. The van der Waals surface area contributed by atoms with E-state index in [1.807, 2.05) is 13.8 Å². The van der Waals surface area contributed by atoms with Crippen molar-refractivity contribution >= 4 is 5.97 Å². The molecule has 0 aliphatic heterocycles. The van der Waals surface area contributed by atoms with E-state index in [2.05, 4.69) is 11.7 Å². The predicted molar refractivity (Wildman–Crippen MR) is 64.1 cm³/mol. The number of unbranched alkanes of at least 4 members (excludes halogenated alkanes) is 2. The Balaban J connectivity index is 0. The Morgan fingerprint density at radius 2 is 1.75 bits per heavy atom. The van der Waals surface area contributed by atoms with Crippen LogP contribution in [0.5, 0.6) is 0 Å². The van der Waals surface area contributed by atoms with E-state index in [1.165, 1.54) is 6.92 Å². The molecule has 0 aliphatic carbocycles. The maximum atomic E-state index is 10.3. The zero-order chi connectivity index (χ0) is 12.8. The van der Waals surface area contributed by atoms with Gasteiger partial charge in [0.05, 0.1) is 0 Å². The van der Waals surface area contributed by atoms with Crippen molar-refractivity contribution < 1.29 is 19.4 Å². The summed E-state index contributed by atoms with van der Waals surface area (Å²) in [5, 5.41) is 9.00. The lowest BCUT2D eigenvalue weighted by Crippen LogP contribution is -2.14. The molecule has 0 rings (SSSR count). The Hall–Kier alpha value is -0.610. The summed E-state index contributed by atoms with van der Waals surface area (Å²) in [7, 11) is 0. The molecule has 4 heteroatoms. The second-order valence-electron chi connectivity index (χ2n) is 3.34. The van der Waals surface area contributed by atoms with E-state index in [1.54, 1.807) is 0 Å². The maximum Gasteiger partial charge on any atom is 0.304 e. The molecule has 0 spiro atoms. The summed E-state index contributed by atoms with van der Waals surface area (Å²) in [6, 6.07) is 0. The molecular weight excluding hydrogens is 208 g/mol. The number of rotatable bonds is 7. The first kappa shape index (κ1) is 17.8. The molecule has 0 heterocycles. The van der Waals surface area contributed by atoms with E-state index in [-0.39, 0.29) is 0 Å². The SMILES string of the molecule is CCCCCC(O)OC(C)=O.CCOCC. The van der Waals surface area contributed by atoms with Crippen LogP contribution in [0.25, 0.3) is 0 Å². The van der Waals surface area contributed by atoms with Gasteiger partial charge in [0.15, 0.2) is 0 Å². The largest absolute Gasteiger partial charge is 0.436 e. The van der Waals surface area contributed by atoms with E-state index in [9.17, 15) is 4.79 Å². The summed E-state index contributed by atoms with van der Waals surface area (Å²) in [6.07, 6.45) is 2.72. The van der Waals surface area contributed by atoms with Crippen LogP contribution >= 0.6 is 0 Å². The van der Waals surface area contributed by atoms with Gasteiger partial charge in [0.1, 0.15) is 0 Å². The summed E-state index contributed by atoms with van der Waals surface area (Å²) >= 11 is 0. The lowest BCUT2D eigenvalue weighted by atomic mass is 10.2. The summed E-state index contributed by atoms with van der Waals surface area (Å²) in [5.74, 6) is -0.422. The van der Waals surface area contributed by atoms with E-state index < -0.39 is 12.3 Å². The predicted octanol–water partition coefficient (Wildman–Crippen LogP) is 2.49. The summed E-state index contributed by atoms with van der Waals surface area (Å²) in [4.78, 5) is 10.3. The number of carbonyl (C=O) groups excluding carboxylic acids is 1. The van der Waals surface area contributed by atoms with Gasteiger partial charge in [0.25, 0.3) is 0 Å². The van der Waals surface area contributed by atoms with Gasteiger partial charge in [0, 0.05) is 26.6 Å². The molecule has 0 aromatic carbocycles. The number of hydrogen-bond donors (Lipinski definition) is 1. The van der Waals surface area contributed by atoms with Crippen LogP contribution in [-0.2, 0) is 14.3 Å². The van der Waals surface area contributed by atoms with E-state index in [4.69, 9.17) is 9.84 Å². The van der Waals surface area contributed by atoms with Crippen LogP contribution in [0.4, 0.5) is 0 Å². The van der Waals surface area contributed by atoms with E-state index in [0.717, 1.165) is 32.5 Å². The molecule has 1 atom stereocenters. The van der Waals surface area contributed by atoms with E-state index in [0.29, 0.717) is 6.42 Å². The number of ether oxygens (including phenoxy) is 2. The average Bonchev–Trinajstić information content (AvgIpc) is 2.19. The van der Waals surface area contributed by atoms with Crippen LogP contribution in [0.1, 0.15) is 53.4 Å². The average molecular weight is 234 g/mol. The molecule has 0 bridgehead atoms. The lowest BCUT2D eigenvalue weighted by molar-refractivity contribution is -0.165. The van der Waals surface area contributed by atoms with Crippen LogP contribution in [0.2, 0.25) is 0 Å². The molecular formula is C12H26O4. The highest BCUT2D eigenvalue weighted by molar-refractivity contribution is 5.65. The van der Waals surface area contributed by atoms with Crippen LogP contribution in [0.3, 0.4) is 0 Å². The maximum absolute atomic E-state index is 10.3. The molecule has 98 valence electrons. The number of carbonyl (C=O) groups is 1. The minimum absolute atomic E-state index is 0.422. The quantitative estimate of drug-likeness (QED) is 0.418. The van der Waals surface area contributed by atoms with Gasteiger partial charge in [-0.3, -0.25) is 4.79 Å². The van der Waals surface area contributed by atoms with Crippen LogP contribution in [0.15, 0.2) is 0 Å². The number of esters is 1. The van der Waals surface area contributed by atoms with Crippen molar-refractivity contribution in [1.82, 2.24) is 0 Å². The van der Waals surface area contributed by atoms with Crippen molar-refractivity contribution in [1.29, 1.82) is 0 Å². The Labute approximate surface area is 98.9 Å². The second-order valence-corrected chi connectivity index (χ2v) is 3.34. The molecule has 0 aromatic heterocycles. The molecule has 0 amide bonds. The normalized spacial score (nSPS) is 11.3. The Morgan fingerprint density at radius 1 is 1.19 bits per heavy atom. The molecule has 0 fully saturated rings.